The second kappa shape index (κ2) is 6.11. The van der Waals surface area contributed by atoms with Crippen LogP contribution in [-0.4, -0.2) is 29.1 Å². The van der Waals surface area contributed by atoms with Gasteiger partial charge >= 0.3 is 0 Å². The first-order chi connectivity index (χ1) is 8.21. The van der Waals surface area contributed by atoms with Crippen molar-refractivity contribution >= 4 is 36.0 Å². The van der Waals surface area contributed by atoms with E-state index < -0.39 is 20.0 Å². The summed E-state index contributed by atoms with van der Waals surface area (Å²) in [4.78, 5) is 0.118. The summed E-state index contributed by atoms with van der Waals surface area (Å²) in [6.07, 6.45) is 0.131. The number of rotatable bonds is 6. The molecule has 1 aromatic carbocycles. The van der Waals surface area contributed by atoms with E-state index in [0.29, 0.717) is 4.47 Å². The van der Waals surface area contributed by atoms with Crippen molar-refractivity contribution in [3.63, 3.8) is 0 Å². The predicted octanol–water partition coefficient (Wildman–Crippen LogP) is 0.406. The van der Waals surface area contributed by atoms with Crippen LogP contribution in [0, 0.1) is 0 Å². The van der Waals surface area contributed by atoms with E-state index in [9.17, 15) is 16.8 Å². The average Bonchev–Trinajstić information content (AvgIpc) is 2.23. The number of sulfonamides is 2. The highest BCUT2D eigenvalue weighted by Gasteiger charge is 2.13. The maximum atomic E-state index is 11.8. The smallest absolute Gasteiger partial charge is 0.229 e. The molecule has 0 radical (unpaired) electrons. The number of hydrogen-bond donors (Lipinski definition) is 2. The fourth-order valence-corrected chi connectivity index (χ4v) is 3.41. The van der Waals surface area contributed by atoms with Crippen molar-refractivity contribution in [1.29, 1.82) is 0 Å². The fourth-order valence-electron chi connectivity index (χ4n) is 1.20. The monoisotopic (exact) mass is 356 g/mol. The van der Waals surface area contributed by atoms with Gasteiger partial charge in [0.05, 0.1) is 10.6 Å². The summed E-state index contributed by atoms with van der Waals surface area (Å²) in [5.74, 6) is -0.256. The SMILES string of the molecule is NS(=O)(=O)CCCNS(=O)(=O)c1cccc(Br)c1. The second-order valence-electron chi connectivity index (χ2n) is 3.58. The summed E-state index contributed by atoms with van der Waals surface area (Å²) in [5.41, 5.74) is 0. The van der Waals surface area contributed by atoms with Gasteiger partial charge in [-0.25, -0.2) is 26.7 Å². The zero-order valence-electron chi connectivity index (χ0n) is 9.34. The van der Waals surface area contributed by atoms with Crippen molar-refractivity contribution in [1.82, 2.24) is 4.72 Å². The molecule has 18 heavy (non-hydrogen) atoms. The number of nitrogens with two attached hydrogens (primary N) is 1. The van der Waals surface area contributed by atoms with Crippen LogP contribution in [0.15, 0.2) is 33.6 Å². The first-order valence-corrected chi connectivity index (χ1v) is 8.95. The van der Waals surface area contributed by atoms with Crippen molar-refractivity contribution in [2.75, 3.05) is 12.3 Å². The molecular weight excluding hydrogens is 344 g/mol. The quantitative estimate of drug-likeness (QED) is 0.719. The number of primary sulfonamides is 1. The average molecular weight is 357 g/mol. The minimum absolute atomic E-state index is 0.0191. The van der Waals surface area contributed by atoms with E-state index in [1.807, 2.05) is 0 Å². The summed E-state index contributed by atoms with van der Waals surface area (Å²) in [6, 6.07) is 6.22. The molecule has 0 bridgehead atoms. The molecule has 1 aromatic rings. The van der Waals surface area contributed by atoms with Crippen LogP contribution in [0.1, 0.15) is 6.42 Å². The first kappa shape index (κ1) is 15.6. The molecule has 0 spiro atoms. The first-order valence-electron chi connectivity index (χ1n) is 4.96. The van der Waals surface area contributed by atoms with Crippen LogP contribution in [0.3, 0.4) is 0 Å². The van der Waals surface area contributed by atoms with Crippen LogP contribution < -0.4 is 9.86 Å². The Morgan fingerprint density at radius 3 is 2.44 bits per heavy atom. The highest BCUT2D eigenvalue weighted by atomic mass is 79.9. The van der Waals surface area contributed by atoms with Crippen molar-refractivity contribution in [3.05, 3.63) is 28.7 Å². The van der Waals surface area contributed by atoms with Crippen LogP contribution in [0.2, 0.25) is 0 Å². The molecule has 0 saturated heterocycles. The van der Waals surface area contributed by atoms with E-state index in [0.717, 1.165) is 0 Å². The third-order valence-electron chi connectivity index (χ3n) is 2.00. The van der Waals surface area contributed by atoms with E-state index >= 15 is 0 Å². The summed E-state index contributed by atoms with van der Waals surface area (Å²) < 4.78 is 47.9. The van der Waals surface area contributed by atoms with Gasteiger partial charge in [0.1, 0.15) is 0 Å². The van der Waals surface area contributed by atoms with E-state index in [2.05, 4.69) is 20.7 Å². The number of hydrogen-bond acceptors (Lipinski definition) is 4. The summed E-state index contributed by atoms with van der Waals surface area (Å²) in [6.45, 7) is 0.0191. The lowest BCUT2D eigenvalue weighted by Gasteiger charge is -2.06. The molecule has 0 aromatic heterocycles. The van der Waals surface area contributed by atoms with Crippen LogP contribution >= 0.6 is 15.9 Å². The van der Waals surface area contributed by atoms with Crippen LogP contribution in [0.5, 0.6) is 0 Å². The van der Waals surface area contributed by atoms with Gasteiger partial charge in [0.2, 0.25) is 20.0 Å². The lowest BCUT2D eigenvalue weighted by molar-refractivity contribution is 0.576. The molecule has 0 atom stereocenters. The Bertz CT molecular complexity index is 613. The van der Waals surface area contributed by atoms with Gasteiger partial charge < -0.3 is 0 Å². The third-order valence-corrected chi connectivity index (χ3v) is 4.81. The van der Waals surface area contributed by atoms with Gasteiger partial charge in [0.25, 0.3) is 0 Å². The number of benzene rings is 1. The minimum atomic E-state index is -3.62. The Labute approximate surface area is 115 Å². The molecule has 0 aliphatic rings. The van der Waals surface area contributed by atoms with Crippen molar-refractivity contribution in [2.45, 2.75) is 11.3 Å². The molecule has 102 valence electrons. The molecule has 9 heteroatoms. The van der Waals surface area contributed by atoms with E-state index in [-0.39, 0.29) is 23.6 Å². The molecule has 0 fully saturated rings. The van der Waals surface area contributed by atoms with Crippen molar-refractivity contribution in [2.24, 2.45) is 5.14 Å². The highest BCUT2D eigenvalue weighted by molar-refractivity contribution is 9.10. The Kier molecular flexibility index (Phi) is 5.29. The summed E-state index contributed by atoms with van der Waals surface area (Å²) in [5, 5.41) is 4.81. The fraction of sp³-hybridized carbons (Fsp3) is 0.333. The molecule has 0 unspecified atom stereocenters. The molecular formula is C9H13BrN2O4S2. The molecule has 3 N–H and O–H groups in total. The predicted molar refractivity (Wildman–Crippen MR) is 71.9 cm³/mol. The largest absolute Gasteiger partial charge is 0.240 e. The zero-order chi connectivity index (χ0) is 13.8. The lowest BCUT2D eigenvalue weighted by Crippen LogP contribution is -2.27. The third kappa shape index (κ3) is 5.44. The maximum absolute atomic E-state index is 11.8. The normalized spacial score (nSPS) is 12.6. The van der Waals surface area contributed by atoms with Crippen molar-refractivity contribution < 1.29 is 16.8 Å². The standard InChI is InChI=1S/C9H13BrN2O4S2/c10-8-3-1-4-9(7-8)18(15,16)12-5-2-6-17(11,13)14/h1,3-4,7,12H,2,5-6H2,(H2,11,13,14). The maximum Gasteiger partial charge on any atom is 0.240 e. The number of nitrogens with one attached hydrogen (secondary N) is 1. The van der Waals surface area contributed by atoms with Crippen LogP contribution in [0.25, 0.3) is 0 Å². The van der Waals surface area contributed by atoms with E-state index in [1.54, 1.807) is 12.1 Å². The zero-order valence-corrected chi connectivity index (χ0v) is 12.6. The van der Waals surface area contributed by atoms with Gasteiger partial charge in [0.15, 0.2) is 0 Å². The minimum Gasteiger partial charge on any atom is -0.229 e. The molecule has 0 aliphatic heterocycles. The lowest BCUT2D eigenvalue weighted by atomic mass is 10.4. The van der Waals surface area contributed by atoms with Gasteiger partial charge in [-0.05, 0) is 24.6 Å². The van der Waals surface area contributed by atoms with Crippen LogP contribution in [0.4, 0.5) is 0 Å². The van der Waals surface area contributed by atoms with Gasteiger partial charge in [-0.3, -0.25) is 0 Å². The molecule has 0 saturated carbocycles. The van der Waals surface area contributed by atoms with Gasteiger partial charge in [0, 0.05) is 11.0 Å². The summed E-state index contributed by atoms with van der Waals surface area (Å²) >= 11 is 3.17. The topological polar surface area (TPSA) is 106 Å². The number of halogens is 1. The highest BCUT2D eigenvalue weighted by Crippen LogP contribution is 2.15. The van der Waals surface area contributed by atoms with E-state index in [1.165, 1.54) is 12.1 Å². The Morgan fingerprint density at radius 1 is 1.22 bits per heavy atom. The summed E-state index contributed by atoms with van der Waals surface area (Å²) in [7, 11) is -7.17. The van der Waals surface area contributed by atoms with Crippen molar-refractivity contribution in [3.8, 4) is 0 Å². The second-order valence-corrected chi connectivity index (χ2v) is 7.99. The van der Waals surface area contributed by atoms with Gasteiger partial charge in [-0.1, -0.05) is 22.0 Å². The Hall–Kier alpha value is -0.480. The van der Waals surface area contributed by atoms with Crippen LogP contribution in [-0.2, 0) is 20.0 Å². The Morgan fingerprint density at radius 2 is 1.89 bits per heavy atom. The molecule has 0 heterocycles. The molecule has 0 aliphatic carbocycles. The Balaban J connectivity index is 2.61. The van der Waals surface area contributed by atoms with Gasteiger partial charge in [-0.2, -0.15) is 0 Å². The van der Waals surface area contributed by atoms with Gasteiger partial charge in [-0.15, -0.1) is 0 Å². The molecule has 6 nitrogen and oxygen atoms in total. The van der Waals surface area contributed by atoms with E-state index in [4.69, 9.17) is 5.14 Å². The molecule has 1 rings (SSSR count). The molecule has 0 amide bonds.